The second-order valence-corrected chi connectivity index (χ2v) is 4.22. The van der Waals surface area contributed by atoms with Gasteiger partial charge in [-0.15, -0.1) is 24.8 Å². The summed E-state index contributed by atoms with van der Waals surface area (Å²) in [6, 6.07) is 2.07. The smallest absolute Gasteiger partial charge is 0.247 e. The van der Waals surface area contributed by atoms with E-state index in [0.29, 0.717) is 6.04 Å². The highest BCUT2D eigenvalue weighted by molar-refractivity contribution is 5.85. The Morgan fingerprint density at radius 2 is 2.22 bits per heavy atom. The van der Waals surface area contributed by atoms with E-state index in [4.69, 9.17) is 0 Å². The third-order valence-electron chi connectivity index (χ3n) is 3.19. The highest BCUT2D eigenvalue weighted by Gasteiger charge is 2.28. The van der Waals surface area contributed by atoms with Gasteiger partial charge in [-0.25, -0.2) is 0 Å². The summed E-state index contributed by atoms with van der Waals surface area (Å²) in [4.78, 5) is 14.1. The lowest BCUT2D eigenvalue weighted by molar-refractivity contribution is -0.133. The van der Waals surface area contributed by atoms with E-state index < -0.39 is 0 Å². The molecule has 7 heteroatoms. The maximum Gasteiger partial charge on any atom is 0.247 e. The molecule has 0 spiro atoms. The van der Waals surface area contributed by atoms with Crippen molar-refractivity contribution in [1.29, 1.82) is 0 Å². The fraction of sp³-hybridized carbons (Fsp3) is 0.636. The summed E-state index contributed by atoms with van der Waals surface area (Å²) in [6.45, 7) is 3.54. The van der Waals surface area contributed by atoms with Crippen molar-refractivity contribution in [3.8, 4) is 0 Å². The number of hydrogen-bond donors (Lipinski definition) is 1. The average molecular weight is 295 g/mol. The van der Waals surface area contributed by atoms with Gasteiger partial charge in [0, 0.05) is 31.5 Å². The summed E-state index contributed by atoms with van der Waals surface area (Å²) in [6.07, 6.45) is 4.56. The Morgan fingerprint density at radius 3 is 2.72 bits per heavy atom. The fourth-order valence-corrected chi connectivity index (χ4v) is 2.08. The maximum atomic E-state index is 12.1. The Kier molecular flexibility index (Phi) is 7.28. The van der Waals surface area contributed by atoms with Crippen LogP contribution in [-0.2, 0) is 4.79 Å². The standard InChI is InChI=1S/C11H18N4O.2ClH/c1-9(15-6-3-5-13-15)11(16)14-7-4-10(8-14)12-2;;/h3,5-6,9-10,12H,4,7-8H2,1-2H3;2*1H. The van der Waals surface area contributed by atoms with Crippen LogP contribution < -0.4 is 5.32 Å². The molecule has 0 bridgehead atoms. The Morgan fingerprint density at radius 1 is 1.50 bits per heavy atom. The third-order valence-corrected chi connectivity index (χ3v) is 3.19. The van der Waals surface area contributed by atoms with Gasteiger partial charge in [0.1, 0.15) is 6.04 Å². The molecule has 0 aliphatic carbocycles. The molecule has 1 aromatic rings. The van der Waals surface area contributed by atoms with Gasteiger partial charge in [-0.3, -0.25) is 9.48 Å². The summed E-state index contributed by atoms with van der Waals surface area (Å²) in [5, 5.41) is 7.31. The molecule has 1 amide bonds. The summed E-state index contributed by atoms with van der Waals surface area (Å²) < 4.78 is 1.70. The summed E-state index contributed by atoms with van der Waals surface area (Å²) >= 11 is 0. The molecule has 2 heterocycles. The number of likely N-dealkylation sites (tertiary alicyclic amines) is 1. The van der Waals surface area contributed by atoms with Crippen molar-refractivity contribution in [1.82, 2.24) is 20.0 Å². The third kappa shape index (κ3) is 3.60. The van der Waals surface area contributed by atoms with Gasteiger partial charge in [-0.1, -0.05) is 0 Å². The molecule has 1 aromatic heterocycles. The van der Waals surface area contributed by atoms with Gasteiger partial charge in [-0.05, 0) is 26.5 Å². The topological polar surface area (TPSA) is 50.2 Å². The molecule has 1 N–H and O–H groups in total. The summed E-state index contributed by atoms with van der Waals surface area (Å²) in [5.74, 6) is 0.154. The number of hydrogen-bond acceptors (Lipinski definition) is 3. The van der Waals surface area contributed by atoms with Crippen molar-refractivity contribution in [3.05, 3.63) is 18.5 Å². The number of nitrogens with zero attached hydrogens (tertiary/aromatic N) is 3. The predicted molar refractivity (Wildman–Crippen MR) is 75.5 cm³/mol. The molecule has 0 aromatic carbocycles. The van der Waals surface area contributed by atoms with Crippen LogP contribution in [0.2, 0.25) is 0 Å². The molecule has 1 fully saturated rings. The number of halogens is 2. The van der Waals surface area contributed by atoms with Crippen LogP contribution in [0.3, 0.4) is 0 Å². The number of rotatable bonds is 3. The molecule has 0 saturated carbocycles. The van der Waals surface area contributed by atoms with Crippen molar-refractivity contribution in [2.75, 3.05) is 20.1 Å². The van der Waals surface area contributed by atoms with E-state index in [1.165, 1.54) is 0 Å². The minimum absolute atomic E-state index is 0. The monoisotopic (exact) mass is 294 g/mol. The first-order valence-electron chi connectivity index (χ1n) is 5.67. The van der Waals surface area contributed by atoms with Gasteiger partial charge in [-0.2, -0.15) is 5.10 Å². The maximum absolute atomic E-state index is 12.1. The van der Waals surface area contributed by atoms with Crippen molar-refractivity contribution >= 4 is 30.7 Å². The van der Waals surface area contributed by atoms with Gasteiger partial charge in [0.05, 0.1) is 0 Å². The highest BCUT2D eigenvalue weighted by atomic mass is 35.5. The number of carbonyl (C=O) groups is 1. The Hall–Kier alpha value is -0.780. The molecule has 1 saturated heterocycles. The zero-order valence-corrected chi connectivity index (χ0v) is 12.2. The Labute approximate surface area is 120 Å². The normalized spacial score (nSPS) is 19.9. The van der Waals surface area contributed by atoms with Gasteiger partial charge in [0.2, 0.25) is 5.91 Å². The van der Waals surface area contributed by atoms with E-state index in [9.17, 15) is 4.79 Å². The average Bonchev–Trinajstić information content (AvgIpc) is 2.97. The van der Waals surface area contributed by atoms with E-state index in [1.807, 2.05) is 31.1 Å². The van der Waals surface area contributed by atoms with Crippen LogP contribution in [0.1, 0.15) is 19.4 Å². The number of amides is 1. The minimum atomic E-state index is -0.203. The van der Waals surface area contributed by atoms with E-state index in [1.54, 1.807) is 10.9 Å². The van der Waals surface area contributed by atoms with E-state index >= 15 is 0 Å². The lowest BCUT2D eigenvalue weighted by Crippen LogP contribution is -2.37. The van der Waals surface area contributed by atoms with Crippen LogP contribution in [0.25, 0.3) is 0 Å². The Bertz CT molecular complexity index is 358. The minimum Gasteiger partial charge on any atom is -0.339 e. The van der Waals surface area contributed by atoms with E-state index in [2.05, 4.69) is 10.4 Å². The molecule has 18 heavy (non-hydrogen) atoms. The molecular weight excluding hydrogens is 275 g/mol. The summed E-state index contributed by atoms with van der Waals surface area (Å²) in [7, 11) is 1.94. The second-order valence-electron chi connectivity index (χ2n) is 4.22. The zero-order chi connectivity index (χ0) is 11.5. The zero-order valence-electron chi connectivity index (χ0n) is 10.6. The number of nitrogens with one attached hydrogen (secondary N) is 1. The van der Waals surface area contributed by atoms with Gasteiger partial charge >= 0.3 is 0 Å². The first kappa shape index (κ1) is 17.2. The first-order chi connectivity index (χ1) is 7.72. The number of carbonyl (C=O) groups excluding carboxylic acids is 1. The number of likely N-dealkylation sites (N-methyl/N-ethyl adjacent to an activating group) is 1. The van der Waals surface area contributed by atoms with Crippen LogP contribution in [0.4, 0.5) is 0 Å². The molecule has 1 aliphatic rings. The summed E-state index contributed by atoms with van der Waals surface area (Å²) in [5.41, 5.74) is 0. The van der Waals surface area contributed by atoms with E-state index in [-0.39, 0.29) is 36.8 Å². The molecule has 2 rings (SSSR count). The molecule has 1 aliphatic heterocycles. The second kappa shape index (κ2) is 7.61. The van der Waals surface area contributed by atoms with Crippen LogP contribution in [-0.4, -0.2) is 46.8 Å². The molecular formula is C11H20Cl2N4O. The van der Waals surface area contributed by atoms with Crippen molar-refractivity contribution in [2.45, 2.75) is 25.4 Å². The van der Waals surface area contributed by atoms with Crippen LogP contribution in [0.15, 0.2) is 18.5 Å². The van der Waals surface area contributed by atoms with Crippen molar-refractivity contribution < 1.29 is 4.79 Å². The van der Waals surface area contributed by atoms with Gasteiger partial charge in [0.15, 0.2) is 0 Å². The highest BCUT2D eigenvalue weighted by Crippen LogP contribution is 2.15. The molecule has 5 nitrogen and oxygen atoms in total. The molecule has 104 valence electrons. The largest absolute Gasteiger partial charge is 0.339 e. The quantitative estimate of drug-likeness (QED) is 0.909. The van der Waals surface area contributed by atoms with Gasteiger partial charge in [0.25, 0.3) is 0 Å². The van der Waals surface area contributed by atoms with Crippen molar-refractivity contribution in [2.24, 2.45) is 0 Å². The van der Waals surface area contributed by atoms with Crippen LogP contribution >= 0.6 is 24.8 Å². The van der Waals surface area contributed by atoms with Gasteiger partial charge < -0.3 is 10.2 Å². The lowest BCUT2D eigenvalue weighted by Gasteiger charge is -2.21. The Balaban J connectivity index is 0.00000144. The lowest BCUT2D eigenvalue weighted by atomic mass is 10.3. The predicted octanol–water partition coefficient (Wildman–Crippen LogP) is 1.11. The van der Waals surface area contributed by atoms with E-state index in [0.717, 1.165) is 19.5 Å². The van der Waals surface area contributed by atoms with Crippen LogP contribution in [0, 0.1) is 0 Å². The SMILES string of the molecule is CNC1CCN(C(=O)C(C)n2cccn2)C1.Cl.Cl. The van der Waals surface area contributed by atoms with Crippen LogP contribution in [0.5, 0.6) is 0 Å². The first-order valence-corrected chi connectivity index (χ1v) is 5.67. The number of aromatic nitrogens is 2. The molecule has 2 unspecified atom stereocenters. The fourth-order valence-electron chi connectivity index (χ4n) is 2.08. The molecule has 0 radical (unpaired) electrons. The van der Waals surface area contributed by atoms with Crippen molar-refractivity contribution in [3.63, 3.8) is 0 Å². The molecule has 2 atom stereocenters.